The average Bonchev–Trinajstić information content (AvgIpc) is 3.09. The number of Topliss-reactive ketones (excluding diaryl/α,β-unsaturated/α-hetero) is 1. The molecule has 0 N–H and O–H groups in total. The van der Waals surface area contributed by atoms with Crippen LogP contribution in [0.25, 0.3) is 0 Å². The van der Waals surface area contributed by atoms with Gasteiger partial charge in [0.25, 0.3) is 0 Å². The lowest BCUT2D eigenvalue weighted by Gasteiger charge is -2.33. The van der Waals surface area contributed by atoms with E-state index in [0.29, 0.717) is 5.57 Å². The number of hydrogen-bond donors (Lipinski definition) is 0. The van der Waals surface area contributed by atoms with E-state index in [2.05, 4.69) is 6.58 Å². The smallest absolute Gasteiger partial charge is 0.411 e. The van der Waals surface area contributed by atoms with E-state index in [-0.39, 0.29) is 30.6 Å². The van der Waals surface area contributed by atoms with E-state index in [0.717, 1.165) is 5.56 Å². The van der Waals surface area contributed by atoms with Crippen molar-refractivity contribution in [3.63, 3.8) is 0 Å². The molecule has 1 amide bonds. The van der Waals surface area contributed by atoms with Crippen molar-refractivity contribution in [2.45, 2.75) is 51.8 Å². The second kappa shape index (κ2) is 7.41. The third-order valence-corrected chi connectivity index (χ3v) is 5.26. The van der Waals surface area contributed by atoms with E-state index < -0.39 is 29.7 Å². The van der Waals surface area contributed by atoms with Gasteiger partial charge in [0.1, 0.15) is 11.6 Å². The van der Waals surface area contributed by atoms with Crippen LogP contribution < -0.4 is 0 Å². The summed E-state index contributed by atoms with van der Waals surface area (Å²) in [6.45, 7) is 11.2. The summed E-state index contributed by atoms with van der Waals surface area (Å²) in [5.41, 5.74) is 0.576. The molecule has 4 atom stereocenters. The Kier molecular flexibility index (Phi) is 5.33. The van der Waals surface area contributed by atoms with Gasteiger partial charge in [0.15, 0.2) is 5.78 Å². The van der Waals surface area contributed by atoms with Crippen LogP contribution in [0, 0.1) is 11.8 Å². The Labute approximate surface area is 165 Å². The number of rotatable bonds is 3. The highest BCUT2D eigenvalue weighted by molar-refractivity contribution is 6.00. The normalized spacial score (nSPS) is 26.9. The Morgan fingerprint density at radius 1 is 1.21 bits per heavy atom. The third-order valence-electron chi connectivity index (χ3n) is 5.26. The fourth-order valence-electron chi connectivity index (χ4n) is 4.28. The molecule has 1 aliphatic heterocycles. The van der Waals surface area contributed by atoms with Crippen LogP contribution in [0.4, 0.5) is 4.79 Å². The summed E-state index contributed by atoms with van der Waals surface area (Å²) in [6.07, 6.45) is -0.413. The maximum absolute atomic E-state index is 13.2. The topological polar surface area (TPSA) is 72.9 Å². The van der Waals surface area contributed by atoms with Gasteiger partial charge in [0.2, 0.25) is 0 Å². The van der Waals surface area contributed by atoms with Crippen LogP contribution in [-0.2, 0) is 19.1 Å². The number of amides is 1. The van der Waals surface area contributed by atoms with E-state index in [1.807, 2.05) is 30.3 Å². The summed E-state index contributed by atoms with van der Waals surface area (Å²) in [5.74, 6) is -1.27. The molecule has 6 nitrogen and oxygen atoms in total. The van der Waals surface area contributed by atoms with E-state index in [9.17, 15) is 14.4 Å². The molecule has 1 saturated carbocycles. The predicted octanol–water partition coefficient (Wildman–Crippen LogP) is 3.67. The molecule has 0 radical (unpaired) electrons. The van der Waals surface area contributed by atoms with Gasteiger partial charge < -0.3 is 9.47 Å². The first kappa shape index (κ1) is 20.1. The highest BCUT2D eigenvalue weighted by Gasteiger charge is 2.60. The summed E-state index contributed by atoms with van der Waals surface area (Å²) in [4.78, 5) is 39.9. The fraction of sp³-hybridized carbons (Fsp3) is 0.500. The van der Waals surface area contributed by atoms with Gasteiger partial charge >= 0.3 is 12.1 Å². The largest absolute Gasteiger partial charge is 0.464 e. The van der Waals surface area contributed by atoms with Crippen molar-refractivity contribution in [1.29, 1.82) is 0 Å². The molecule has 150 valence electrons. The number of ketones is 1. The first-order valence-electron chi connectivity index (χ1n) is 9.60. The summed E-state index contributed by atoms with van der Waals surface area (Å²) in [5, 5.41) is 0. The van der Waals surface area contributed by atoms with E-state index >= 15 is 0 Å². The monoisotopic (exact) mass is 385 g/mol. The van der Waals surface area contributed by atoms with Crippen LogP contribution in [0.15, 0.2) is 42.5 Å². The van der Waals surface area contributed by atoms with Crippen molar-refractivity contribution in [2.24, 2.45) is 11.8 Å². The first-order chi connectivity index (χ1) is 13.2. The fourth-order valence-corrected chi connectivity index (χ4v) is 4.28. The second-order valence-corrected chi connectivity index (χ2v) is 8.28. The van der Waals surface area contributed by atoms with Crippen LogP contribution >= 0.6 is 0 Å². The zero-order valence-electron chi connectivity index (χ0n) is 16.8. The SMILES string of the molecule is C=C1C(=O)C[C@H]2[C@@H]1[C@@H](c1ccccc1)N(C(=O)OC(C)(C)C)[C@@H]2C(=O)OCC. The molecule has 2 aliphatic rings. The number of nitrogens with zero attached hydrogens (tertiary/aromatic N) is 1. The Hall–Kier alpha value is -2.63. The molecule has 0 unspecified atom stereocenters. The lowest BCUT2D eigenvalue weighted by atomic mass is 9.85. The minimum Gasteiger partial charge on any atom is -0.464 e. The maximum Gasteiger partial charge on any atom is 0.411 e. The summed E-state index contributed by atoms with van der Waals surface area (Å²) < 4.78 is 10.9. The number of benzene rings is 1. The van der Waals surface area contributed by atoms with Gasteiger partial charge in [-0.2, -0.15) is 0 Å². The van der Waals surface area contributed by atoms with Crippen LogP contribution in [-0.4, -0.2) is 41.0 Å². The molecule has 6 heteroatoms. The number of carbonyl (C=O) groups is 3. The minimum atomic E-state index is -0.881. The highest BCUT2D eigenvalue weighted by Crippen LogP contribution is 2.54. The van der Waals surface area contributed by atoms with Gasteiger partial charge in [0, 0.05) is 18.3 Å². The molecule has 1 saturated heterocycles. The lowest BCUT2D eigenvalue weighted by Crippen LogP contribution is -2.47. The minimum absolute atomic E-state index is 0.0610. The van der Waals surface area contributed by atoms with Crippen molar-refractivity contribution < 1.29 is 23.9 Å². The molecule has 0 aromatic heterocycles. The Morgan fingerprint density at radius 3 is 2.43 bits per heavy atom. The molecular formula is C22H27NO5. The van der Waals surface area contributed by atoms with Crippen molar-refractivity contribution in [3.05, 3.63) is 48.0 Å². The van der Waals surface area contributed by atoms with Crippen LogP contribution in [0.3, 0.4) is 0 Å². The number of fused-ring (bicyclic) bond motifs is 1. The van der Waals surface area contributed by atoms with Gasteiger partial charge in [0.05, 0.1) is 12.6 Å². The molecular weight excluding hydrogens is 358 g/mol. The second-order valence-electron chi connectivity index (χ2n) is 8.28. The van der Waals surface area contributed by atoms with Crippen LogP contribution in [0.2, 0.25) is 0 Å². The predicted molar refractivity (Wildman–Crippen MR) is 103 cm³/mol. The van der Waals surface area contributed by atoms with E-state index in [1.54, 1.807) is 27.7 Å². The van der Waals surface area contributed by atoms with Crippen LogP contribution in [0.5, 0.6) is 0 Å². The maximum atomic E-state index is 13.2. The molecule has 1 aromatic carbocycles. The molecule has 2 fully saturated rings. The van der Waals surface area contributed by atoms with Crippen molar-refractivity contribution in [1.82, 2.24) is 4.90 Å². The summed E-state index contributed by atoms with van der Waals surface area (Å²) in [6, 6.07) is 8.02. The third kappa shape index (κ3) is 3.55. The molecule has 3 rings (SSSR count). The zero-order chi connectivity index (χ0) is 20.6. The standard InChI is InChI=1S/C22H27NO5/c1-6-27-20(25)19-15-12-16(24)13(2)17(15)18(14-10-8-7-9-11-14)23(19)21(26)28-22(3,4)5/h7-11,15,17-19H,2,6,12H2,1,3-5H3/t15-,17+,18+,19-/m0/s1. The van der Waals surface area contributed by atoms with Gasteiger partial charge in [-0.25, -0.2) is 9.59 Å². The Bertz CT molecular complexity index is 795. The van der Waals surface area contributed by atoms with Gasteiger partial charge in [-0.3, -0.25) is 9.69 Å². The number of carbonyl (C=O) groups excluding carboxylic acids is 3. The first-order valence-corrected chi connectivity index (χ1v) is 9.60. The molecule has 0 spiro atoms. The van der Waals surface area contributed by atoms with Gasteiger partial charge in [-0.15, -0.1) is 0 Å². The molecule has 1 aromatic rings. The molecule has 28 heavy (non-hydrogen) atoms. The summed E-state index contributed by atoms with van der Waals surface area (Å²) >= 11 is 0. The van der Waals surface area contributed by atoms with Gasteiger partial charge in [-0.05, 0) is 38.8 Å². The number of esters is 1. The van der Waals surface area contributed by atoms with Crippen molar-refractivity contribution in [3.8, 4) is 0 Å². The molecule has 1 heterocycles. The lowest BCUT2D eigenvalue weighted by molar-refractivity contribution is -0.150. The van der Waals surface area contributed by atoms with Crippen LogP contribution in [0.1, 0.15) is 45.7 Å². The van der Waals surface area contributed by atoms with E-state index in [4.69, 9.17) is 9.47 Å². The Morgan fingerprint density at radius 2 is 1.86 bits per heavy atom. The highest BCUT2D eigenvalue weighted by atomic mass is 16.6. The summed E-state index contributed by atoms with van der Waals surface area (Å²) in [7, 11) is 0. The molecule has 1 aliphatic carbocycles. The van der Waals surface area contributed by atoms with Crippen molar-refractivity contribution in [2.75, 3.05) is 6.61 Å². The quantitative estimate of drug-likeness (QED) is 0.586. The number of hydrogen-bond acceptors (Lipinski definition) is 5. The molecule has 0 bridgehead atoms. The van der Waals surface area contributed by atoms with Gasteiger partial charge in [-0.1, -0.05) is 36.9 Å². The Balaban J connectivity index is 2.11. The number of likely N-dealkylation sites (tertiary alicyclic amines) is 1. The van der Waals surface area contributed by atoms with E-state index in [1.165, 1.54) is 4.90 Å². The zero-order valence-corrected chi connectivity index (χ0v) is 16.8. The number of ether oxygens (including phenoxy) is 2. The average molecular weight is 385 g/mol. The van der Waals surface area contributed by atoms with Crippen molar-refractivity contribution >= 4 is 17.8 Å².